The first-order valence-electron chi connectivity index (χ1n) is 6.29. The summed E-state index contributed by atoms with van der Waals surface area (Å²) < 4.78 is 0. The molecule has 0 aliphatic rings. The molecule has 0 fully saturated rings. The summed E-state index contributed by atoms with van der Waals surface area (Å²) in [5, 5.41) is 0. The van der Waals surface area contributed by atoms with Crippen molar-refractivity contribution in [2.24, 2.45) is 5.92 Å². The zero-order chi connectivity index (χ0) is 12.6. The molecule has 0 aromatic rings. The third kappa shape index (κ3) is 16.0. The molecule has 2 heteroatoms. The molecular formula is C15H27LiSi. The molecule has 0 heterocycles. The van der Waals surface area contributed by atoms with Gasteiger partial charge in [0.05, 0.1) is 0 Å². The molecule has 17 heavy (non-hydrogen) atoms. The Hall–Kier alpha value is -0.0157. The zero-order valence-electron chi connectivity index (χ0n) is 12.9. The summed E-state index contributed by atoms with van der Waals surface area (Å²) >= 11 is 0. The fourth-order valence-electron chi connectivity index (χ4n) is 1.30. The molecule has 0 rings (SSSR count). The van der Waals surface area contributed by atoms with Gasteiger partial charge in [-0.2, -0.15) is 6.42 Å². The van der Waals surface area contributed by atoms with E-state index in [0.717, 1.165) is 12.3 Å². The Labute approximate surface area is 122 Å². The molecule has 0 aliphatic carbocycles. The predicted molar refractivity (Wildman–Crippen MR) is 77.9 cm³/mol. The molecule has 0 amide bonds. The van der Waals surface area contributed by atoms with Crippen LogP contribution in [-0.2, 0) is 0 Å². The third-order valence-electron chi connectivity index (χ3n) is 2.28. The minimum absolute atomic E-state index is 0. The Morgan fingerprint density at radius 1 is 1.29 bits per heavy atom. The van der Waals surface area contributed by atoms with Crippen molar-refractivity contribution in [3.8, 4) is 11.5 Å². The minimum Gasteiger partial charge on any atom is -0.332 e. The van der Waals surface area contributed by atoms with Crippen molar-refractivity contribution >= 4 is 8.07 Å². The second kappa shape index (κ2) is 9.96. The van der Waals surface area contributed by atoms with E-state index in [1.165, 1.54) is 18.4 Å². The van der Waals surface area contributed by atoms with Crippen LogP contribution in [0.4, 0.5) is 0 Å². The van der Waals surface area contributed by atoms with Crippen LogP contribution in [0, 0.1) is 23.8 Å². The SMILES string of the molecule is CC(C)=CCC[C@@H](C)C[CH-]C#C[Si](C)(C)C.[Li+]. The number of allylic oxidation sites excluding steroid dienone is 2. The average molecular weight is 242 g/mol. The average Bonchev–Trinajstić information content (AvgIpc) is 2.10. The van der Waals surface area contributed by atoms with E-state index in [0.29, 0.717) is 0 Å². The van der Waals surface area contributed by atoms with Crippen LogP contribution >= 0.6 is 0 Å². The van der Waals surface area contributed by atoms with Gasteiger partial charge in [-0.05, 0) is 26.7 Å². The number of rotatable bonds is 5. The predicted octanol–water partition coefficient (Wildman–Crippen LogP) is 1.85. The summed E-state index contributed by atoms with van der Waals surface area (Å²) in [6, 6.07) is 0. The monoisotopic (exact) mass is 242 g/mol. The van der Waals surface area contributed by atoms with Gasteiger partial charge in [-0.3, -0.25) is 5.92 Å². The normalized spacial score (nSPS) is 11.6. The van der Waals surface area contributed by atoms with Crippen molar-refractivity contribution in [3.05, 3.63) is 18.1 Å². The zero-order valence-corrected chi connectivity index (χ0v) is 13.9. The Kier molecular flexibility index (Phi) is 11.3. The molecule has 0 spiro atoms. The molecule has 1 atom stereocenters. The van der Waals surface area contributed by atoms with Gasteiger partial charge in [0.25, 0.3) is 0 Å². The van der Waals surface area contributed by atoms with Crippen LogP contribution in [-0.4, -0.2) is 8.07 Å². The first-order valence-corrected chi connectivity index (χ1v) is 9.79. The number of hydrogen-bond acceptors (Lipinski definition) is 0. The second-order valence-corrected chi connectivity index (χ2v) is 10.7. The van der Waals surface area contributed by atoms with Gasteiger partial charge in [-0.25, -0.2) is 0 Å². The van der Waals surface area contributed by atoms with Crippen molar-refractivity contribution < 1.29 is 18.9 Å². The van der Waals surface area contributed by atoms with E-state index in [1.54, 1.807) is 0 Å². The maximum Gasteiger partial charge on any atom is 1.00 e. The summed E-state index contributed by atoms with van der Waals surface area (Å²) in [5.74, 6) is 3.98. The van der Waals surface area contributed by atoms with E-state index in [2.05, 4.69) is 64.4 Å². The van der Waals surface area contributed by atoms with Gasteiger partial charge in [0.1, 0.15) is 0 Å². The smallest absolute Gasteiger partial charge is 0.332 e. The van der Waals surface area contributed by atoms with Crippen molar-refractivity contribution in [1.29, 1.82) is 0 Å². The standard InChI is InChI=1S/C15H27Si.Li/c1-14(2)10-9-12-15(3)11-7-8-13-16(4,5)6;/h7,10,15H,9,11-12H2,1-6H3;/q-1;+1/t15-;/m0./s1. The summed E-state index contributed by atoms with van der Waals surface area (Å²) in [6.07, 6.45) is 8.10. The van der Waals surface area contributed by atoms with Crippen LogP contribution in [0.5, 0.6) is 0 Å². The minimum atomic E-state index is -1.17. The van der Waals surface area contributed by atoms with Crippen LogP contribution in [0.3, 0.4) is 0 Å². The molecule has 0 aliphatic heterocycles. The van der Waals surface area contributed by atoms with Gasteiger partial charge >= 0.3 is 18.9 Å². The first kappa shape index (κ1) is 19.3. The van der Waals surface area contributed by atoms with Gasteiger partial charge in [-0.15, -0.1) is 0 Å². The van der Waals surface area contributed by atoms with E-state index in [9.17, 15) is 0 Å². The summed E-state index contributed by atoms with van der Waals surface area (Å²) in [5.41, 5.74) is 4.80. The molecule has 0 unspecified atom stereocenters. The van der Waals surface area contributed by atoms with Gasteiger partial charge in [0.15, 0.2) is 0 Å². The Balaban J connectivity index is 0. The molecule has 92 valence electrons. The Morgan fingerprint density at radius 2 is 1.88 bits per heavy atom. The van der Waals surface area contributed by atoms with Gasteiger partial charge in [0.2, 0.25) is 0 Å². The van der Waals surface area contributed by atoms with E-state index in [4.69, 9.17) is 0 Å². The topological polar surface area (TPSA) is 0 Å². The molecule has 0 radical (unpaired) electrons. The van der Waals surface area contributed by atoms with E-state index < -0.39 is 8.07 Å². The van der Waals surface area contributed by atoms with Gasteiger partial charge < -0.3 is 5.54 Å². The van der Waals surface area contributed by atoms with Gasteiger partial charge in [-0.1, -0.05) is 50.6 Å². The Bertz CT molecular complexity index is 272. The summed E-state index contributed by atoms with van der Waals surface area (Å²) in [6.45, 7) is 13.5. The molecule has 0 aromatic heterocycles. The Morgan fingerprint density at radius 3 is 2.35 bits per heavy atom. The van der Waals surface area contributed by atoms with E-state index >= 15 is 0 Å². The van der Waals surface area contributed by atoms with Crippen molar-refractivity contribution in [2.75, 3.05) is 0 Å². The largest absolute Gasteiger partial charge is 1.00 e. The molecule has 0 saturated heterocycles. The molecule has 0 N–H and O–H groups in total. The summed E-state index contributed by atoms with van der Waals surface area (Å²) in [7, 11) is -1.17. The second-order valence-electron chi connectivity index (χ2n) is 5.92. The van der Waals surface area contributed by atoms with Crippen LogP contribution < -0.4 is 18.9 Å². The summed E-state index contributed by atoms with van der Waals surface area (Å²) in [4.78, 5) is 0. The molecule has 0 aromatic carbocycles. The van der Waals surface area contributed by atoms with Crippen LogP contribution in [0.25, 0.3) is 0 Å². The quantitative estimate of drug-likeness (QED) is 0.299. The van der Waals surface area contributed by atoms with E-state index in [1.807, 2.05) is 0 Å². The van der Waals surface area contributed by atoms with Gasteiger partial charge in [0, 0.05) is 8.07 Å². The fraction of sp³-hybridized carbons (Fsp3) is 0.667. The van der Waals surface area contributed by atoms with Crippen molar-refractivity contribution in [2.45, 2.75) is 59.7 Å². The maximum absolute atomic E-state index is 3.37. The van der Waals surface area contributed by atoms with Crippen LogP contribution in [0.2, 0.25) is 19.6 Å². The maximum atomic E-state index is 3.37. The molecule has 0 bridgehead atoms. The fourth-order valence-corrected chi connectivity index (χ4v) is 1.84. The van der Waals surface area contributed by atoms with Crippen molar-refractivity contribution in [3.63, 3.8) is 0 Å². The van der Waals surface area contributed by atoms with Crippen LogP contribution in [0.1, 0.15) is 40.0 Å². The van der Waals surface area contributed by atoms with Crippen molar-refractivity contribution in [1.82, 2.24) is 0 Å². The van der Waals surface area contributed by atoms with E-state index in [-0.39, 0.29) is 18.9 Å². The van der Waals surface area contributed by atoms with Crippen LogP contribution in [0.15, 0.2) is 11.6 Å². The molecule has 0 saturated carbocycles. The molecular weight excluding hydrogens is 215 g/mol. The number of hydrogen-bond donors (Lipinski definition) is 0. The third-order valence-corrected chi connectivity index (χ3v) is 3.18. The molecule has 0 nitrogen and oxygen atoms in total. The first-order chi connectivity index (χ1) is 7.31.